The van der Waals surface area contributed by atoms with Crippen LogP contribution in [0.4, 0.5) is 11.6 Å². The molecule has 0 bridgehead atoms. The minimum Gasteiger partial charge on any atom is -0.353 e. The van der Waals surface area contributed by atoms with Gasteiger partial charge in [-0.15, -0.1) is 0 Å². The van der Waals surface area contributed by atoms with Crippen LogP contribution < -0.4 is 10.2 Å². The van der Waals surface area contributed by atoms with Gasteiger partial charge in [-0.1, -0.05) is 30.5 Å². The van der Waals surface area contributed by atoms with Crippen molar-refractivity contribution in [3.63, 3.8) is 0 Å². The van der Waals surface area contributed by atoms with Gasteiger partial charge in [0.1, 0.15) is 11.6 Å². The summed E-state index contributed by atoms with van der Waals surface area (Å²) in [5.41, 5.74) is 2.74. The van der Waals surface area contributed by atoms with Crippen LogP contribution in [0.15, 0.2) is 55.4 Å². The van der Waals surface area contributed by atoms with Gasteiger partial charge in [0.2, 0.25) is 0 Å². The molecule has 1 amide bonds. The molecule has 2 N–H and O–H groups in total. The Bertz CT molecular complexity index is 1160. The van der Waals surface area contributed by atoms with Crippen LogP contribution in [-0.4, -0.2) is 59.5 Å². The summed E-state index contributed by atoms with van der Waals surface area (Å²) in [6, 6.07) is 11.8. The summed E-state index contributed by atoms with van der Waals surface area (Å²) in [4.78, 5) is 26.8. The summed E-state index contributed by atoms with van der Waals surface area (Å²) in [7, 11) is 4.14. The molecule has 0 spiro atoms. The number of nitrogens with one attached hydrogen (secondary N) is 2. The van der Waals surface area contributed by atoms with Crippen LogP contribution in [0.3, 0.4) is 0 Å². The van der Waals surface area contributed by atoms with Gasteiger partial charge in [-0.25, -0.2) is 9.97 Å². The molecule has 0 aliphatic carbocycles. The van der Waals surface area contributed by atoms with Gasteiger partial charge >= 0.3 is 0 Å². The third-order valence-corrected chi connectivity index (χ3v) is 6.05. The summed E-state index contributed by atoms with van der Waals surface area (Å²) in [6.07, 6.45) is 3.40. The predicted molar refractivity (Wildman–Crippen MR) is 131 cm³/mol. The highest BCUT2D eigenvalue weighted by Crippen LogP contribution is 2.27. The van der Waals surface area contributed by atoms with E-state index < -0.39 is 0 Å². The average Bonchev–Trinajstić information content (AvgIpc) is 2.72. The van der Waals surface area contributed by atoms with Crippen molar-refractivity contribution >= 4 is 50.5 Å². The Labute approximate surface area is 187 Å². The highest BCUT2D eigenvalue weighted by Gasteiger charge is 2.29. The number of amides is 1. The number of hydrogen-bond donors (Lipinski definition) is 2. The maximum Gasteiger partial charge on any atom is 0.257 e. The lowest BCUT2D eigenvalue weighted by Gasteiger charge is -2.43. The third-order valence-electron chi connectivity index (χ3n) is 5.41. The Morgan fingerprint density at radius 1 is 1.23 bits per heavy atom. The maximum absolute atomic E-state index is 12.8. The Hall–Kier alpha value is -3.23. The van der Waals surface area contributed by atoms with Crippen molar-refractivity contribution in [1.29, 1.82) is 5.41 Å². The number of nitrogens with zero attached hydrogens (tertiary/aromatic N) is 4. The molecule has 0 atom stereocenters. The minimum absolute atomic E-state index is 0. The summed E-state index contributed by atoms with van der Waals surface area (Å²) in [5, 5.41) is 12.0. The minimum atomic E-state index is -0.222. The lowest BCUT2D eigenvalue weighted by Crippen LogP contribution is -2.57. The van der Waals surface area contributed by atoms with Gasteiger partial charge in [-0.2, -0.15) is 0 Å². The first-order valence-electron chi connectivity index (χ1n) is 9.88. The molecule has 0 saturated carbocycles. The number of rotatable bonds is 7. The monoisotopic (exact) mass is 434 g/mol. The molecular weight excluding hydrogens is 408 g/mol. The van der Waals surface area contributed by atoms with E-state index in [1.807, 2.05) is 30.3 Å². The van der Waals surface area contributed by atoms with Crippen LogP contribution in [0.25, 0.3) is 15.7 Å². The lowest BCUT2D eigenvalue weighted by atomic mass is 10.1. The highest BCUT2D eigenvalue weighted by atomic mass is 32.2. The SMILES string of the molecule is C=C(SC=N)c1ccc2cnc(NC(=O)c3ccnc(N4CC(N(C)C)C4)c3)cc2c1.[HH]. The fraction of sp³-hybridized carbons (Fsp3) is 0.217. The standard InChI is InChI=1S/C23H24N6OS.H2/c1-15(31-14-24)16-4-5-18-11-26-21(9-19(18)8-16)27-23(30)17-6-7-25-22(10-17)29-12-20(13-29)28(2)3;/h4-11,14,20,24H,1,12-13H2,2-3H3,(H,26,27,30);1H. The summed E-state index contributed by atoms with van der Waals surface area (Å²) in [5.74, 6) is 1.07. The number of carbonyl (C=O) groups excluding carboxylic acids is 1. The van der Waals surface area contributed by atoms with Gasteiger partial charge in [-0.3, -0.25) is 4.79 Å². The molecule has 8 heteroatoms. The highest BCUT2D eigenvalue weighted by molar-refractivity contribution is 8.19. The quantitative estimate of drug-likeness (QED) is 0.428. The van der Waals surface area contributed by atoms with E-state index in [9.17, 15) is 4.79 Å². The molecule has 1 aliphatic heterocycles. The van der Waals surface area contributed by atoms with Crippen molar-refractivity contribution in [3.8, 4) is 0 Å². The molecule has 0 radical (unpaired) electrons. The van der Waals surface area contributed by atoms with Crippen molar-refractivity contribution in [2.45, 2.75) is 6.04 Å². The lowest BCUT2D eigenvalue weighted by molar-refractivity contribution is 0.102. The molecule has 3 aromatic rings. The Kier molecular flexibility index (Phi) is 6.01. The Morgan fingerprint density at radius 2 is 2.03 bits per heavy atom. The van der Waals surface area contributed by atoms with Gasteiger partial charge in [-0.05, 0) is 49.3 Å². The average molecular weight is 435 g/mol. The molecule has 7 nitrogen and oxygen atoms in total. The second-order valence-corrected chi connectivity index (χ2v) is 8.63. The summed E-state index contributed by atoms with van der Waals surface area (Å²) < 4.78 is 0. The Balaban J connectivity index is 0.00000289. The van der Waals surface area contributed by atoms with E-state index in [4.69, 9.17) is 5.41 Å². The second-order valence-electron chi connectivity index (χ2n) is 7.67. The molecule has 1 aromatic carbocycles. The molecule has 4 rings (SSSR count). The zero-order valence-corrected chi connectivity index (χ0v) is 18.3. The number of fused-ring (bicyclic) bond motifs is 1. The van der Waals surface area contributed by atoms with Crippen molar-refractivity contribution in [2.24, 2.45) is 0 Å². The van der Waals surface area contributed by atoms with Gasteiger partial charge < -0.3 is 20.5 Å². The third kappa shape index (κ3) is 4.60. The smallest absolute Gasteiger partial charge is 0.257 e. The number of likely N-dealkylation sites (N-methyl/N-ethyl adjacent to an activating group) is 1. The molecule has 160 valence electrons. The van der Waals surface area contributed by atoms with Crippen molar-refractivity contribution in [2.75, 3.05) is 37.4 Å². The first-order chi connectivity index (χ1) is 14.9. The zero-order valence-electron chi connectivity index (χ0n) is 17.5. The number of aromatic nitrogens is 2. The largest absolute Gasteiger partial charge is 0.353 e. The molecule has 1 aliphatic rings. The van der Waals surface area contributed by atoms with E-state index in [1.165, 1.54) is 17.3 Å². The first kappa shape index (κ1) is 21.0. The fourth-order valence-corrected chi connectivity index (χ4v) is 3.82. The zero-order chi connectivity index (χ0) is 22.0. The molecular formula is C23H26N6OS. The molecule has 3 heterocycles. The number of anilines is 2. The van der Waals surface area contributed by atoms with E-state index in [0.717, 1.165) is 40.1 Å². The number of thioether (sulfide) groups is 1. The molecule has 1 fully saturated rings. The molecule has 31 heavy (non-hydrogen) atoms. The van der Waals surface area contributed by atoms with Crippen LogP contribution >= 0.6 is 11.8 Å². The number of hydrogen-bond acceptors (Lipinski definition) is 7. The number of benzene rings is 1. The molecule has 0 unspecified atom stereocenters. The van der Waals surface area contributed by atoms with Crippen LogP contribution in [0.2, 0.25) is 0 Å². The fourth-order valence-electron chi connectivity index (χ4n) is 3.41. The first-order valence-corrected chi connectivity index (χ1v) is 10.8. The van der Waals surface area contributed by atoms with E-state index in [-0.39, 0.29) is 7.33 Å². The van der Waals surface area contributed by atoms with Crippen LogP contribution in [0.5, 0.6) is 0 Å². The van der Waals surface area contributed by atoms with Gasteiger partial charge in [0.25, 0.3) is 5.91 Å². The van der Waals surface area contributed by atoms with Gasteiger partial charge in [0, 0.05) is 48.8 Å². The van der Waals surface area contributed by atoms with E-state index in [2.05, 4.69) is 45.8 Å². The second kappa shape index (κ2) is 8.87. The van der Waals surface area contributed by atoms with E-state index in [1.54, 1.807) is 18.5 Å². The molecule has 1 saturated heterocycles. The number of pyridine rings is 2. The van der Waals surface area contributed by atoms with E-state index in [0.29, 0.717) is 17.4 Å². The van der Waals surface area contributed by atoms with Crippen LogP contribution in [-0.2, 0) is 0 Å². The Morgan fingerprint density at radius 3 is 2.77 bits per heavy atom. The summed E-state index contributed by atoms with van der Waals surface area (Å²) in [6.45, 7) is 5.80. The van der Waals surface area contributed by atoms with E-state index >= 15 is 0 Å². The van der Waals surface area contributed by atoms with Crippen molar-refractivity contribution in [3.05, 3.63) is 66.5 Å². The normalized spacial score (nSPS) is 13.8. The van der Waals surface area contributed by atoms with Crippen molar-refractivity contribution < 1.29 is 6.22 Å². The van der Waals surface area contributed by atoms with Crippen molar-refractivity contribution in [1.82, 2.24) is 14.9 Å². The predicted octanol–water partition coefficient (Wildman–Crippen LogP) is 4.19. The number of carbonyl (C=O) groups is 1. The molecule has 2 aromatic heterocycles. The maximum atomic E-state index is 12.8. The van der Waals surface area contributed by atoms with Crippen LogP contribution in [0, 0.1) is 5.41 Å². The topological polar surface area (TPSA) is 85.2 Å². The van der Waals surface area contributed by atoms with Gasteiger partial charge in [0.05, 0.1) is 5.55 Å². The van der Waals surface area contributed by atoms with Crippen LogP contribution in [0.1, 0.15) is 17.3 Å². The van der Waals surface area contributed by atoms with Gasteiger partial charge in [0.15, 0.2) is 0 Å². The summed E-state index contributed by atoms with van der Waals surface area (Å²) >= 11 is 1.27.